The van der Waals surface area contributed by atoms with Gasteiger partial charge >= 0.3 is 0 Å². The van der Waals surface area contributed by atoms with E-state index < -0.39 is 0 Å². The van der Waals surface area contributed by atoms with Crippen LogP contribution in [0.5, 0.6) is 0 Å². The second kappa shape index (κ2) is 4.10. The van der Waals surface area contributed by atoms with Crippen LogP contribution >= 0.6 is 0 Å². The molecule has 0 saturated carbocycles. The molecule has 0 heterocycles. The van der Waals surface area contributed by atoms with Crippen LogP contribution < -0.4 is 0 Å². The van der Waals surface area contributed by atoms with E-state index >= 15 is 0 Å². The van der Waals surface area contributed by atoms with Gasteiger partial charge in [0.2, 0.25) is 0 Å². The lowest BCUT2D eigenvalue weighted by Gasteiger charge is -2.11. The van der Waals surface area contributed by atoms with E-state index in [0.717, 1.165) is 16.4 Å². The zero-order chi connectivity index (χ0) is 6.57. The molecular weight excluding hydrogens is 116 g/mol. The lowest BCUT2D eigenvalue weighted by atomic mass is 10.1. The van der Waals surface area contributed by atoms with Crippen molar-refractivity contribution in [2.45, 2.75) is 33.3 Å². The Bertz CT molecular complexity index is 54.5. The van der Waals surface area contributed by atoms with Crippen molar-refractivity contribution in [3.8, 4) is 0 Å². The van der Waals surface area contributed by atoms with E-state index in [9.17, 15) is 0 Å². The minimum absolute atomic E-state index is 0.488. The molecule has 0 amide bonds. The highest BCUT2D eigenvalue weighted by atomic mass is 28.2. The topological polar surface area (TPSA) is 9.23 Å². The molecule has 0 radical (unpaired) electrons. The number of hydrogen-bond donors (Lipinski definition) is 0. The lowest BCUT2D eigenvalue weighted by Crippen LogP contribution is -2.08. The minimum Gasteiger partial charge on any atom is -0.425 e. The first kappa shape index (κ1) is 8.18. The first-order valence-electron chi connectivity index (χ1n) is 3.19. The maximum absolute atomic E-state index is 5.20. The van der Waals surface area contributed by atoms with Gasteiger partial charge in [0.1, 0.15) is 10.5 Å². The van der Waals surface area contributed by atoms with Crippen LogP contribution in [0.15, 0.2) is 0 Å². The molecule has 1 atom stereocenters. The maximum Gasteiger partial charge on any atom is 0.146 e. The van der Waals surface area contributed by atoms with Crippen molar-refractivity contribution in [1.29, 1.82) is 0 Å². The summed E-state index contributed by atoms with van der Waals surface area (Å²) < 4.78 is 5.20. The summed E-state index contributed by atoms with van der Waals surface area (Å²) >= 11 is 0. The van der Waals surface area contributed by atoms with Gasteiger partial charge in [-0.15, -0.1) is 0 Å². The summed E-state index contributed by atoms with van der Waals surface area (Å²) in [4.78, 5) is 0. The third kappa shape index (κ3) is 4.34. The van der Waals surface area contributed by atoms with Crippen molar-refractivity contribution in [2.75, 3.05) is 0 Å². The van der Waals surface area contributed by atoms with Gasteiger partial charge in [0.15, 0.2) is 0 Å². The van der Waals surface area contributed by atoms with Gasteiger partial charge in [0.05, 0.1) is 0 Å². The van der Waals surface area contributed by atoms with Crippen molar-refractivity contribution in [3.05, 3.63) is 0 Å². The Morgan fingerprint density at radius 3 is 2.00 bits per heavy atom. The van der Waals surface area contributed by atoms with Gasteiger partial charge < -0.3 is 4.43 Å². The summed E-state index contributed by atoms with van der Waals surface area (Å²) in [5.41, 5.74) is 0. The molecule has 0 aliphatic heterocycles. The van der Waals surface area contributed by atoms with E-state index in [-0.39, 0.29) is 0 Å². The van der Waals surface area contributed by atoms with Crippen molar-refractivity contribution < 1.29 is 4.43 Å². The number of hydrogen-bond acceptors (Lipinski definition) is 1. The fourth-order valence-electron chi connectivity index (χ4n) is 0.760. The average Bonchev–Trinajstić information content (AvgIpc) is 1.65. The molecule has 8 heavy (non-hydrogen) atoms. The summed E-state index contributed by atoms with van der Waals surface area (Å²) in [7, 11) is 0.878. The van der Waals surface area contributed by atoms with Crippen molar-refractivity contribution in [1.82, 2.24) is 0 Å². The third-order valence-electron chi connectivity index (χ3n) is 1.21. The Balaban J connectivity index is 3.10. The molecule has 50 valence electrons. The molecule has 2 heteroatoms. The molecule has 0 aromatic heterocycles. The predicted octanol–water partition coefficient (Wildman–Crippen LogP) is 0.718. The smallest absolute Gasteiger partial charge is 0.146 e. The quantitative estimate of drug-likeness (QED) is 0.514. The summed E-state index contributed by atoms with van der Waals surface area (Å²) in [5.74, 6) is 0.777. The van der Waals surface area contributed by atoms with Crippen LogP contribution in [0.25, 0.3) is 0 Å². The van der Waals surface area contributed by atoms with Gasteiger partial charge in [-0.2, -0.15) is 0 Å². The molecule has 0 saturated heterocycles. The molecule has 0 bridgehead atoms. The van der Waals surface area contributed by atoms with E-state index in [1.807, 2.05) is 0 Å². The van der Waals surface area contributed by atoms with Crippen molar-refractivity contribution >= 4 is 10.5 Å². The SMILES string of the molecule is CC(C)CC(C)O[SiH3]. The molecule has 1 unspecified atom stereocenters. The first-order valence-corrected chi connectivity index (χ1v) is 4.01. The Morgan fingerprint density at radius 2 is 1.88 bits per heavy atom. The Hall–Kier alpha value is 0.177. The van der Waals surface area contributed by atoms with E-state index in [1.165, 1.54) is 6.42 Å². The zero-order valence-electron chi connectivity index (χ0n) is 6.27. The monoisotopic (exact) mass is 132 g/mol. The average molecular weight is 132 g/mol. The summed E-state index contributed by atoms with van der Waals surface area (Å²) in [6, 6.07) is 0. The van der Waals surface area contributed by atoms with Crippen LogP contribution in [0.4, 0.5) is 0 Å². The number of rotatable bonds is 3. The summed E-state index contributed by atoms with van der Waals surface area (Å²) in [5, 5.41) is 0. The van der Waals surface area contributed by atoms with Gasteiger partial charge in [-0.1, -0.05) is 13.8 Å². The van der Waals surface area contributed by atoms with Crippen LogP contribution in [0.3, 0.4) is 0 Å². The molecule has 0 aromatic carbocycles. The molecule has 0 aromatic rings. The molecule has 0 aliphatic carbocycles. The van der Waals surface area contributed by atoms with Gasteiger partial charge in [0.25, 0.3) is 0 Å². The van der Waals surface area contributed by atoms with E-state index in [2.05, 4.69) is 20.8 Å². The van der Waals surface area contributed by atoms with E-state index in [0.29, 0.717) is 6.10 Å². The van der Waals surface area contributed by atoms with Crippen LogP contribution in [0, 0.1) is 5.92 Å². The Morgan fingerprint density at radius 1 is 1.38 bits per heavy atom. The molecule has 0 fully saturated rings. The molecular formula is C6H16OSi. The Kier molecular flexibility index (Phi) is 4.19. The Labute approximate surface area is 55.0 Å². The summed E-state index contributed by atoms with van der Waals surface area (Å²) in [6.07, 6.45) is 1.69. The maximum atomic E-state index is 5.20. The minimum atomic E-state index is 0.488. The van der Waals surface area contributed by atoms with Crippen LogP contribution in [0.1, 0.15) is 27.2 Å². The largest absolute Gasteiger partial charge is 0.425 e. The van der Waals surface area contributed by atoms with Crippen LogP contribution in [-0.2, 0) is 4.43 Å². The molecule has 0 aliphatic rings. The lowest BCUT2D eigenvalue weighted by molar-refractivity contribution is 0.211. The molecule has 0 N–H and O–H groups in total. The van der Waals surface area contributed by atoms with E-state index in [4.69, 9.17) is 4.43 Å². The second-order valence-electron chi connectivity index (χ2n) is 2.68. The van der Waals surface area contributed by atoms with Gasteiger partial charge in [-0.05, 0) is 19.3 Å². The fraction of sp³-hybridized carbons (Fsp3) is 1.00. The van der Waals surface area contributed by atoms with Crippen molar-refractivity contribution in [2.24, 2.45) is 5.92 Å². The second-order valence-corrected chi connectivity index (χ2v) is 3.15. The third-order valence-corrected chi connectivity index (χ3v) is 2.01. The predicted molar refractivity (Wildman–Crippen MR) is 39.9 cm³/mol. The molecule has 0 spiro atoms. The standard InChI is InChI=1S/C6H16OSi/c1-5(2)4-6(3)7-8/h5-6H,4H2,1-3,8H3. The highest BCUT2D eigenvalue weighted by Gasteiger charge is 2.00. The van der Waals surface area contributed by atoms with Crippen molar-refractivity contribution in [3.63, 3.8) is 0 Å². The normalized spacial score (nSPS) is 15.0. The molecule has 0 rings (SSSR count). The van der Waals surface area contributed by atoms with Crippen LogP contribution in [-0.4, -0.2) is 16.6 Å². The van der Waals surface area contributed by atoms with Gasteiger partial charge in [0, 0.05) is 6.10 Å². The van der Waals surface area contributed by atoms with Gasteiger partial charge in [-0.25, -0.2) is 0 Å². The highest BCUT2D eigenvalue weighted by molar-refractivity contribution is 5.98. The highest BCUT2D eigenvalue weighted by Crippen LogP contribution is 2.05. The summed E-state index contributed by atoms with van der Waals surface area (Å²) in [6.45, 7) is 6.57. The van der Waals surface area contributed by atoms with Crippen LogP contribution in [0.2, 0.25) is 0 Å². The zero-order valence-corrected chi connectivity index (χ0v) is 8.27. The fourth-order valence-corrected chi connectivity index (χ4v) is 0.953. The first-order chi connectivity index (χ1) is 3.66. The molecule has 1 nitrogen and oxygen atoms in total. The van der Waals surface area contributed by atoms with E-state index in [1.54, 1.807) is 0 Å². The van der Waals surface area contributed by atoms with Gasteiger partial charge in [-0.3, -0.25) is 0 Å².